The van der Waals surface area contributed by atoms with Crippen LogP contribution in [-0.4, -0.2) is 25.4 Å². The lowest BCUT2D eigenvalue weighted by Crippen LogP contribution is -2.21. The summed E-state index contributed by atoms with van der Waals surface area (Å²) in [4.78, 5) is 0. The fourth-order valence-corrected chi connectivity index (χ4v) is 1.98. The van der Waals surface area contributed by atoms with E-state index in [0.29, 0.717) is 5.92 Å². The molecule has 0 spiro atoms. The number of halogens is 1. The minimum Gasteiger partial charge on any atom is -0.497 e. The van der Waals surface area contributed by atoms with E-state index in [2.05, 4.69) is 28.2 Å². The van der Waals surface area contributed by atoms with Gasteiger partial charge in [-0.25, -0.2) is 0 Å². The summed E-state index contributed by atoms with van der Waals surface area (Å²) >= 11 is 3.52. The predicted molar refractivity (Wildman–Crippen MR) is 73.3 cm³/mol. The Morgan fingerprint density at radius 1 is 1.47 bits per heavy atom. The van der Waals surface area contributed by atoms with Crippen molar-refractivity contribution in [1.29, 1.82) is 0 Å². The smallest absolute Gasteiger partial charge is 0.119 e. The van der Waals surface area contributed by atoms with Crippen molar-refractivity contribution in [2.45, 2.75) is 19.9 Å². The van der Waals surface area contributed by atoms with E-state index in [9.17, 15) is 0 Å². The molecule has 3 nitrogen and oxygen atoms in total. The zero-order valence-corrected chi connectivity index (χ0v) is 12.0. The number of benzene rings is 1. The molecule has 96 valence electrons. The van der Waals surface area contributed by atoms with Gasteiger partial charge in [-0.3, -0.25) is 0 Å². The minimum atomic E-state index is 0.256. The molecule has 1 rings (SSSR count). The predicted octanol–water partition coefficient (Wildman–Crippen LogP) is 2.57. The third kappa shape index (κ3) is 5.06. The van der Waals surface area contributed by atoms with Gasteiger partial charge in [-0.2, -0.15) is 0 Å². The van der Waals surface area contributed by atoms with Gasteiger partial charge in [-0.15, -0.1) is 0 Å². The molecule has 1 atom stereocenters. The first kappa shape index (κ1) is 14.5. The van der Waals surface area contributed by atoms with E-state index in [-0.39, 0.29) is 6.61 Å². The molecular weight excluding hydrogens is 282 g/mol. The first-order valence-electron chi connectivity index (χ1n) is 5.81. The number of aliphatic hydroxyl groups is 1. The van der Waals surface area contributed by atoms with Crippen molar-refractivity contribution in [3.05, 3.63) is 28.2 Å². The van der Waals surface area contributed by atoms with Gasteiger partial charge in [0.25, 0.3) is 0 Å². The van der Waals surface area contributed by atoms with Crippen molar-refractivity contribution < 1.29 is 9.84 Å². The number of ether oxygens (including phenoxy) is 1. The average Bonchev–Trinajstić information content (AvgIpc) is 2.32. The molecule has 1 aromatic rings. The summed E-state index contributed by atoms with van der Waals surface area (Å²) in [6.07, 6.45) is 0.840. The standard InChI is InChI=1S/C13H20BrNO2/c1-10(5-6-16)8-15-9-11-7-12(17-2)3-4-13(11)14/h3-4,7,10,15-16H,5-6,8-9H2,1-2H3. The van der Waals surface area contributed by atoms with Crippen molar-refractivity contribution in [3.8, 4) is 5.75 Å². The lowest BCUT2D eigenvalue weighted by Gasteiger charge is -2.12. The fourth-order valence-electron chi connectivity index (χ4n) is 1.59. The van der Waals surface area contributed by atoms with Crippen molar-refractivity contribution in [2.75, 3.05) is 20.3 Å². The maximum absolute atomic E-state index is 8.81. The Kier molecular flexibility index (Phi) is 6.55. The van der Waals surface area contributed by atoms with E-state index in [4.69, 9.17) is 9.84 Å². The molecule has 0 saturated carbocycles. The quantitative estimate of drug-likeness (QED) is 0.813. The number of rotatable bonds is 7. The number of hydrogen-bond donors (Lipinski definition) is 2. The maximum atomic E-state index is 8.81. The molecule has 1 unspecified atom stereocenters. The highest BCUT2D eigenvalue weighted by Gasteiger charge is 2.04. The largest absolute Gasteiger partial charge is 0.497 e. The molecule has 0 fully saturated rings. The number of nitrogens with one attached hydrogen (secondary N) is 1. The van der Waals surface area contributed by atoms with Crippen LogP contribution in [0.25, 0.3) is 0 Å². The molecule has 0 heterocycles. The Balaban J connectivity index is 2.45. The topological polar surface area (TPSA) is 41.5 Å². The molecule has 0 saturated heterocycles. The van der Waals surface area contributed by atoms with Crippen LogP contribution in [0.5, 0.6) is 5.75 Å². The summed E-state index contributed by atoms with van der Waals surface area (Å²) in [6.45, 7) is 4.09. The number of hydrogen-bond acceptors (Lipinski definition) is 3. The third-order valence-electron chi connectivity index (χ3n) is 2.68. The van der Waals surface area contributed by atoms with Crippen LogP contribution in [0.4, 0.5) is 0 Å². The molecule has 0 aliphatic rings. The van der Waals surface area contributed by atoms with Crippen LogP contribution in [-0.2, 0) is 6.54 Å². The van der Waals surface area contributed by atoms with E-state index >= 15 is 0 Å². The number of methoxy groups -OCH3 is 1. The lowest BCUT2D eigenvalue weighted by molar-refractivity contribution is 0.260. The molecule has 17 heavy (non-hydrogen) atoms. The zero-order chi connectivity index (χ0) is 12.7. The minimum absolute atomic E-state index is 0.256. The molecule has 0 aliphatic heterocycles. The van der Waals surface area contributed by atoms with Crippen molar-refractivity contribution in [1.82, 2.24) is 5.32 Å². The highest BCUT2D eigenvalue weighted by molar-refractivity contribution is 9.10. The van der Waals surface area contributed by atoms with Crippen molar-refractivity contribution in [2.24, 2.45) is 5.92 Å². The summed E-state index contributed by atoms with van der Waals surface area (Å²) in [5.74, 6) is 1.36. The van der Waals surface area contributed by atoms with Crippen molar-refractivity contribution >= 4 is 15.9 Å². The van der Waals surface area contributed by atoms with Crippen molar-refractivity contribution in [3.63, 3.8) is 0 Å². The molecule has 0 amide bonds. The highest BCUT2D eigenvalue weighted by atomic mass is 79.9. The van der Waals surface area contributed by atoms with Crippen LogP contribution in [0.3, 0.4) is 0 Å². The molecule has 1 aromatic carbocycles. The number of aliphatic hydroxyl groups excluding tert-OH is 1. The van der Waals surface area contributed by atoms with Gasteiger partial charge in [-0.1, -0.05) is 22.9 Å². The molecular formula is C13H20BrNO2. The lowest BCUT2D eigenvalue weighted by atomic mass is 10.1. The highest BCUT2D eigenvalue weighted by Crippen LogP contribution is 2.22. The summed E-state index contributed by atoms with van der Waals surface area (Å²) in [6, 6.07) is 5.95. The Morgan fingerprint density at radius 2 is 2.24 bits per heavy atom. The molecule has 2 N–H and O–H groups in total. The first-order chi connectivity index (χ1) is 8.17. The van der Waals surface area contributed by atoms with Crippen LogP contribution in [0.2, 0.25) is 0 Å². The van der Waals surface area contributed by atoms with E-state index in [1.807, 2.05) is 18.2 Å². The Morgan fingerprint density at radius 3 is 2.88 bits per heavy atom. The van der Waals surface area contributed by atoms with Crippen LogP contribution in [0.1, 0.15) is 18.9 Å². The van der Waals surface area contributed by atoms with E-state index in [0.717, 1.165) is 29.7 Å². The fraction of sp³-hybridized carbons (Fsp3) is 0.538. The van der Waals surface area contributed by atoms with Crippen LogP contribution >= 0.6 is 15.9 Å². The Hall–Kier alpha value is -0.580. The first-order valence-corrected chi connectivity index (χ1v) is 6.60. The summed E-state index contributed by atoms with van der Waals surface area (Å²) in [5, 5.41) is 12.2. The van der Waals surface area contributed by atoms with Crippen LogP contribution in [0, 0.1) is 5.92 Å². The summed E-state index contributed by atoms with van der Waals surface area (Å²) in [7, 11) is 1.67. The van der Waals surface area contributed by atoms with Gasteiger partial charge in [0.1, 0.15) is 5.75 Å². The molecule has 0 aliphatic carbocycles. The van der Waals surface area contributed by atoms with Gasteiger partial charge in [0.2, 0.25) is 0 Å². The van der Waals surface area contributed by atoms with Gasteiger partial charge < -0.3 is 15.2 Å². The average molecular weight is 302 g/mol. The van der Waals surface area contributed by atoms with E-state index < -0.39 is 0 Å². The Labute approximate surface area is 111 Å². The third-order valence-corrected chi connectivity index (χ3v) is 3.46. The van der Waals surface area contributed by atoms with Crippen LogP contribution < -0.4 is 10.1 Å². The SMILES string of the molecule is COc1ccc(Br)c(CNCC(C)CCO)c1. The normalized spacial score (nSPS) is 12.5. The van der Waals surface area contributed by atoms with E-state index in [1.54, 1.807) is 7.11 Å². The molecule has 0 radical (unpaired) electrons. The summed E-state index contributed by atoms with van der Waals surface area (Å²) in [5.41, 5.74) is 1.18. The van der Waals surface area contributed by atoms with Gasteiger partial charge in [0.15, 0.2) is 0 Å². The molecule has 0 aromatic heterocycles. The van der Waals surface area contributed by atoms with E-state index in [1.165, 1.54) is 5.56 Å². The maximum Gasteiger partial charge on any atom is 0.119 e. The van der Waals surface area contributed by atoms with Gasteiger partial charge >= 0.3 is 0 Å². The van der Waals surface area contributed by atoms with Gasteiger partial charge in [0, 0.05) is 17.6 Å². The second-order valence-electron chi connectivity index (χ2n) is 4.21. The molecule has 4 heteroatoms. The second kappa shape index (κ2) is 7.69. The monoisotopic (exact) mass is 301 g/mol. The summed E-state index contributed by atoms with van der Waals surface area (Å²) < 4.78 is 6.28. The zero-order valence-electron chi connectivity index (χ0n) is 10.4. The van der Waals surface area contributed by atoms with Gasteiger partial charge in [-0.05, 0) is 42.6 Å². The van der Waals surface area contributed by atoms with Gasteiger partial charge in [0.05, 0.1) is 7.11 Å². The second-order valence-corrected chi connectivity index (χ2v) is 5.06. The van der Waals surface area contributed by atoms with Crippen LogP contribution in [0.15, 0.2) is 22.7 Å². The Bertz CT molecular complexity index is 344. The molecule has 0 bridgehead atoms.